The number of anilines is 2. The number of ether oxygens (including phenoxy) is 1. The van der Waals surface area contributed by atoms with Crippen LogP contribution in [0.4, 0.5) is 25.2 Å². The molecule has 1 unspecified atom stereocenters. The van der Waals surface area contributed by atoms with E-state index < -0.39 is 12.5 Å². The molecule has 0 saturated carbocycles. The smallest absolute Gasteiger partial charge is 0.407 e. The summed E-state index contributed by atoms with van der Waals surface area (Å²) >= 11 is 0. The van der Waals surface area contributed by atoms with E-state index in [0.717, 1.165) is 11.1 Å². The van der Waals surface area contributed by atoms with Gasteiger partial charge in [0.05, 0.1) is 32.0 Å². The van der Waals surface area contributed by atoms with Crippen LogP contribution in [0, 0.1) is 6.92 Å². The fourth-order valence-corrected chi connectivity index (χ4v) is 3.42. The van der Waals surface area contributed by atoms with Crippen molar-refractivity contribution in [1.29, 1.82) is 0 Å². The van der Waals surface area contributed by atoms with Crippen LogP contribution >= 0.6 is 0 Å². The molecule has 12 heteroatoms. The highest BCUT2D eigenvalue weighted by molar-refractivity contribution is 5.68. The molecule has 1 amide bonds. The third-order valence-electron chi connectivity index (χ3n) is 4.87. The minimum Gasteiger partial charge on any atom is -0.465 e. The van der Waals surface area contributed by atoms with Gasteiger partial charge in [-0.1, -0.05) is 5.21 Å². The van der Waals surface area contributed by atoms with Crippen molar-refractivity contribution >= 4 is 17.7 Å². The third kappa shape index (κ3) is 5.14. The highest BCUT2D eigenvalue weighted by atomic mass is 19.3. The summed E-state index contributed by atoms with van der Waals surface area (Å²) < 4.78 is 33.0. The number of benzene rings is 1. The van der Waals surface area contributed by atoms with Crippen molar-refractivity contribution in [3.63, 3.8) is 0 Å². The van der Waals surface area contributed by atoms with Crippen LogP contribution in [0.1, 0.15) is 17.7 Å². The number of rotatable bonds is 6. The van der Waals surface area contributed by atoms with Crippen molar-refractivity contribution in [2.24, 2.45) is 0 Å². The van der Waals surface area contributed by atoms with Gasteiger partial charge in [0.2, 0.25) is 5.95 Å². The molecule has 0 spiro atoms. The van der Waals surface area contributed by atoms with Crippen LogP contribution in [0.5, 0.6) is 0 Å². The summed E-state index contributed by atoms with van der Waals surface area (Å²) in [5.41, 5.74) is 2.54. The lowest BCUT2D eigenvalue weighted by Gasteiger charge is -2.30. The Balaban J connectivity index is 1.49. The van der Waals surface area contributed by atoms with Crippen molar-refractivity contribution in [1.82, 2.24) is 29.9 Å². The predicted octanol–water partition coefficient (Wildman–Crippen LogP) is 3.10. The average Bonchev–Trinajstić information content (AvgIpc) is 3.22. The second-order valence-corrected chi connectivity index (χ2v) is 7.37. The maximum absolute atomic E-state index is 12.9. The van der Waals surface area contributed by atoms with Crippen LogP contribution in [0.15, 0.2) is 36.7 Å². The Labute approximate surface area is 181 Å². The number of hydrogen-bond donors (Lipinski definition) is 2. The molecule has 32 heavy (non-hydrogen) atoms. The number of nitrogens with one attached hydrogen (secondary N) is 1. The monoisotopic (exact) mass is 445 g/mol. The second-order valence-electron chi connectivity index (χ2n) is 7.37. The van der Waals surface area contributed by atoms with Gasteiger partial charge in [-0.15, -0.1) is 5.10 Å². The molecule has 1 aliphatic rings. The van der Waals surface area contributed by atoms with E-state index in [9.17, 15) is 13.6 Å². The van der Waals surface area contributed by atoms with E-state index in [1.165, 1.54) is 17.2 Å². The molecule has 4 rings (SSSR count). The van der Waals surface area contributed by atoms with Crippen LogP contribution in [0.25, 0.3) is 11.3 Å². The number of carbonyl (C=O) groups is 1. The lowest BCUT2D eigenvalue weighted by molar-refractivity contribution is -0.0309. The predicted molar refractivity (Wildman–Crippen MR) is 110 cm³/mol. The van der Waals surface area contributed by atoms with E-state index in [4.69, 9.17) is 9.84 Å². The number of hydrogen-bond acceptors (Lipinski definition) is 7. The molecular formula is C20H21F2N7O3. The first-order valence-electron chi connectivity index (χ1n) is 9.87. The second kappa shape index (κ2) is 9.22. The number of alkyl halides is 2. The van der Waals surface area contributed by atoms with Crippen LogP contribution in [-0.4, -0.2) is 66.9 Å². The first kappa shape index (κ1) is 21.6. The van der Waals surface area contributed by atoms with Gasteiger partial charge in [-0.3, -0.25) is 0 Å². The molecule has 1 fully saturated rings. The molecule has 1 atom stereocenters. The van der Waals surface area contributed by atoms with Crippen LogP contribution in [0.3, 0.4) is 0 Å². The lowest BCUT2D eigenvalue weighted by atomic mass is 10.1. The molecule has 3 heterocycles. The first-order chi connectivity index (χ1) is 15.4. The van der Waals surface area contributed by atoms with Crippen LogP contribution in [-0.2, 0) is 11.3 Å². The summed E-state index contributed by atoms with van der Waals surface area (Å²) in [6, 6.07) is 6.71. The Morgan fingerprint density at radius 1 is 1.38 bits per heavy atom. The summed E-state index contributed by atoms with van der Waals surface area (Å²) in [4.78, 5) is 20.3. The van der Waals surface area contributed by atoms with E-state index in [1.54, 1.807) is 16.9 Å². The number of aromatic nitrogens is 5. The van der Waals surface area contributed by atoms with Gasteiger partial charge in [-0.2, -0.15) is 0 Å². The fraction of sp³-hybridized carbons (Fsp3) is 0.350. The lowest BCUT2D eigenvalue weighted by Crippen LogP contribution is -2.46. The molecule has 1 aliphatic heterocycles. The Morgan fingerprint density at radius 3 is 3.00 bits per heavy atom. The molecule has 0 aliphatic carbocycles. The number of nitrogens with zero attached hydrogens (tertiary/aromatic N) is 6. The average molecular weight is 445 g/mol. The van der Waals surface area contributed by atoms with Gasteiger partial charge in [0.25, 0.3) is 6.43 Å². The third-order valence-corrected chi connectivity index (χ3v) is 4.87. The van der Waals surface area contributed by atoms with Crippen molar-refractivity contribution in [3.8, 4) is 11.3 Å². The van der Waals surface area contributed by atoms with E-state index in [1.807, 2.05) is 19.1 Å². The molecule has 0 radical (unpaired) electrons. The summed E-state index contributed by atoms with van der Waals surface area (Å²) in [6.45, 7) is 3.20. The molecule has 168 valence electrons. The number of amides is 1. The normalized spacial score (nSPS) is 16.4. The van der Waals surface area contributed by atoms with Crippen LogP contribution in [0.2, 0.25) is 0 Å². The molecule has 2 N–H and O–H groups in total. The zero-order chi connectivity index (χ0) is 22.7. The van der Waals surface area contributed by atoms with Crippen molar-refractivity contribution in [2.45, 2.75) is 26.0 Å². The summed E-state index contributed by atoms with van der Waals surface area (Å²) in [5, 5.41) is 20.4. The van der Waals surface area contributed by atoms with Gasteiger partial charge in [0, 0.05) is 24.0 Å². The van der Waals surface area contributed by atoms with Gasteiger partial charge < -0.3 is 20.1 Å². The van der Waals surface area contributed by atoms with E-state index in [0.29, 0.717) is 31.1 Å². The van der Waals surface area contributed by atoms with E-state index >= 15 is 0 Å². The molecule has 3 aromatic rings. The molecular weight excluding hydrogens is 424 g/mol. The number of aryl methyl sites for hydroxylation is 1. The number of carboxylic acid groups (broad SMARTS) is 1. The Bertz CT molecular complexity index is 1110. The minimum absolute atomic E-state index is 0.0698. The Kier molecular flexibility index (Phi) is 6.21. The quantitative estimate of drug-likeness (QED) is 0.594. The maximum Gasteiger partial charge on any atom is 0.407 e. The highest BCUT2D eigenvalue weighted by Crippen LogP contribution is 2.25. The van der Waals surface area contributed by atoms with Gasteiger partial charge in [0.15, 0.2) is 0 Å². The van der Waals surface area contributed by atoms with Crippen LogP contribution < -0.4 is 5.32 Å². The maximum atomic E-state index is 12.9. The Morgan fingerprint density at radius 2 is 2.22 bits per heavy atom. The molecule has 10 nitrogen and oxygen atoms in total. The topological polar surface area (TPSA) is 118 Å². The summed E-state index contributed by atoms with van der Waals surface area (Å²) in [7, 11) is 0. The number of morpholine rings is 1. The summed E-state index contributed by atoms with van der Waals surface area (Å²) in [5.74, 6) is 0.0698. The minimum atomic E-state index is -2.68. The van der Waals surface area contributed by atoms with Crippen molar-refractivity contribution in [2.75, 3.05) is 25.0 Å². The highest BCUT2D eigenvalue weighted by Gasteiger charge is 2.24. The fourth-order valence-electron chi connectivity index (χ4n) is 3.42. The zero-order valence-electron chi connectivity index (χ0n) is 17.2. The van der Waals surface area contributed by atoms with Crippen molar-refractivity contribution < 1.29 is 23.4 Å². The van der Waals surface area contributed by atoms with Gasteiger partial charge in [-0.25, -0.2) is 28.2 Å². The van der Waals surface area contributed by atoms with E-state index in [-0.39, 0.29) is 24.3 Å². The summed E-state index contributed by atoms with van der Waals surface area (Å²) in [6.07, 6.45) is -0.950. The standard InChI is InChI=1S/C20H21F2N7O3/c1-12-6-13(8-14(7-12)24-19-23-3-2-16(25-19)18(21)22)17-11-29(27-26-17)10-15-9-28(20(30)31)4-5-32-15/h2-3,6-8,11,15,18H,4-5,9-10H2,1H3,(H,30,31)(H,23,24,25). The SMILES string of the molecule is Cc1cc(Nc2nccc(C(F)F)n2)cc(-c2cn(CC3CN(C(=O)O)CCO3)nn2)c1. The van der Waals surface area contributed by atoms with Gasteiger partial charge in [0.1, 0.15) is 11.4 Å². The van der Waals surface area contributed by atoms with Crippen molar-refractivity contribution in [3.05, 3.63) is 47.9 Å². The molecule has 1 aromatic carbocycles. The van der Waals surface area contributed by atoms with E-state index in [2.05, 4.69) is 25.6 Å². The van der Waals surface area contributed by atoms with Gasteiger partial charge >= 0.3 is 6.09 Å². The largest absolute Gasteiger partial charge is 0.465 e. The zero-order valence-corrected chi connectivity index (χ0v) is 17.2. The number of halogens is 2. The molecule has 2 aromatic heterocycles. The Hall–Kier alpha value is -3.67. The van der Waals surface area contributed by atoms with Gasteiger partial charge in [-0.05, 0) is 36.8 Å². The first-order valence-corrected chi connectivity index (χ1v) is 9.87. The molecule has 0 bridgehead atoms. The molecule has 1 saturated heterocycles.